The molecule has 5 heteroatoms. The Hall–Kier alpha value is -2.50. The molecule has 3 heterocycles. The lowest BCUT2D eigenvalue weighted by atomic mass is 10.0. The van der Waals surface area contributed by atoms with Gasteiger partial charge in [-0.05, 0) is 17.2 Å². The van der Waals surface area contributed by atoms with Crippen LogP contribution >= 0.6 is 0 Å². The number of H-pyrrole nitrogens is 1. The fourth-order valence-corrected chi connectivity index (χ4v) is 3.08. The zero-order chi connectivity index (χ0) is 16.2. The number of piperazine rings is 1. The van der Waals surface area contributed by atoms with Crippen LogP contribution in [0, 0.1) is 0 Å². The molecule has 0 radical (unpaired) electrons. The summed E-state index contributed by atoms with van der Waals surface area (Å²) in [6, 6.07) is 10.9. The van der Waals surface area contributed by atoms with Crippen molar-refractivity contribution < 1.29 is 0 Å². The highest BCUT2D eigenvalue weighted by Crippen LogP contribution is 2.24. The van der Waals surface area contributed by atoms with Gasteiger partial charge in [-0.2, -0.15) is 0 Å². The van der Waals surface area contributed by atoms with Gasteiger partial charge in [-0.25, -0.2) is 4.98 Å². The smallest absolute Gasteiger partial charge is 0.138 e. The molecule has 122 valence electrons. The topological polar surface area (TPSA) is 56.8 Å². The van der Waals surface area contributed by atoms with E-state index in [0.717, 1.165) is 49.7 Å². The maximum Gasteiger partial charge on any atom is 0.138 e. The molecule has 5 nitrogen and oxygen atoms in total. The molecule has 0 atom stereocenters. The first-order chi connectivity index (χ1) is 11.9. The Labute approximate surface area is 141 Å². The molecular formula is C19H21N5. The van der Waals surface area contributed by atoms with Gasteiger partial charge in [0.1, 0.15) is 5.82 Å². The molecule has 2 aromatic heterocycles. The van der Waals surface area contributed by atoms with E-state index < -0.39 is 0 Å². The van der Waals surface area contributed by atoms with Crippen LogP contribution in [-0.2, 0) is 6.54 Å². The summed E-state index contributed by atoms with van der Waals surface area (Å²) >= 11 is 0. The van der Waals surface area contributed by atoms with Crippen molar-refractivity contribution in [2.45, 2.75) is 6.54 Å². The Morgan fingerprint density at radius 3 is 2.50 bits per heavy atom. The summed E-state index contributed by atoms with van der Waals surface area (Å²) in [4.78, 5) is 14.3. The first-order valence-electron chi connectivity index (χ1n) is 8.36. The summed E-state index contributed by atoms with van der Waals surface area (Å²) in [6.07, 6.45) is 7.32. The van der Waals surface area contributed by atoms with Crippen LogP contribution in [0.2, 0.25) is 0 Å². The number of aromatic nitrogens is 3. The third kappa shape index (κ3) is 3.37. The van der Waals surface area contributed by atoms with Crippen LogP contribution in [0.3, 0.4) is 0 Å². The molecule has 1 aliphatic rings. The van der Waals surface area contributed by atoms with Gasteiger partial charge in [0, 0.05) is 68.6 Å². The summed E-state index contributed by atoms with van der Waals surface area (Å²) in [5.41, 5.74) is 4.65. The van der Waals surface area contributed by atoms with Crippen LogP contribution in [0.4, 0.5) is 0 Å². The molecule has 4 rings (SSSR count). The molecule has 0 aliphatic carbocycles. The number of nitrogens with one attached hydrogen (secondary N) is 2. The van der Waals surface area contributed by atoms with Gasteiger partial charge in [0.25, 0.3) is 0 Å². The monoisotopic (exact) mass is 319 g/mol. The van der Waals surface area contributed by atoms with Crippen molar-refractivity contribution in [2.75, 3.05) is 26.2 Å². The standard InChI is InChI=1S/C19H21N5/c1-3-16(4-2-15(1)14-24-9-7-20-8-10-24)17-11-18(13-21-12-17)19-22-5-6-23-19/h1-6,11-13,20H,7-10,14H2,(H,22,23). The molecule has 0 unspecified atom stereocenters. The minimum absolute atomic E-state index is 0.847. The summed E-state index contributed by atoms with van der Waals surface area (Å²) in [6.45, 7) is 5.44. The molecular weight excluding hydrogens is 298 g/mol. The summed E-state index contributed by atoms with van der Waals surface area (Å²) < 4.78 is 0. The van der Waals surface area contributed by atoms with Gasteiger partial charge in [-0.15, -0.1) is 0 Å². The van der Waals surface area contributed by atoms with Crippen molar-refractivity contribution in [3.8, 4) is 22.5 Å². The normalized spacial score (nSPS) is 15.5. The third-order valence-electron chi connectivity index (χ3n) is 4.41. The molecule has 1 aliphatic heterocycles. The molecule has 0 amide bonds. The Kier molecular flexibility index (Phi) is 4.36. The molecule has 1 aromatic carbocycles. The summed E-state index contributed by atoms with van der Waals surface area (Å²) in [5, 5.41) is 3.39. The van der Waals surface area contributed by atoms with E-state index in [1.807, 2.05) is 18.6 Å². The second kappa shape index (κ2) is 6.95. The Balaban J connectivity index is 1.51. The first-order valence-corrected chi connectivity index (χ1v) is 8.36. The maximum atomic E-state index is 4.36. The quantitative estimate of drug-likeness (QED) is 0.776. The van der Waals surface area contributed by atoms with Crippen LogP contribution in [0.25, 0.3) is 22.5 Å². The largest absolute Gasteiger partial charge is 0.345 e. The number of benzene rings is 1. The van der Waals surface area contributed by atoms with Crippen molar-refractivity contribution in [1.29, 1.82) is 0 Å². The second-order valence-corrected chi connectivity index (χ2v) is 6.12. The highest BCUT2D eigenvalue weighted by Gasteiger charge is 2.10. The van der Waals surface area contributed by atoms with Crippen LogP contribution in [0.15, 0.2) is 55.1 Å². The maximum absolute atomic E-state index is 4.36. The SMILES string of the molecule is c1c[nH]c(-c2cncc(-c3ccc(CN4CCNCC4)cc3)c2)n1. The van der Waals surface area contributed by atoms with E-state index in [1.165, 1.54) is 11.1 Å². The molecule has 0 spiro atoms. The number of rotatable bonds is 4. The van der Waals surface area contributed by atoms with Crippen molar-refractivity contribution in [3.63, 3.8) is 0 Å². The highest BCUT2D eigenvalue weighted by atomic mass is 15.2. The van der Waals surface area contributed by atoms with Crippen LogP contribution < -0.4 is 5.32 Å². The van der Waals surface area contributed by atoms with Crippen molar-refractivity contribution in [3.05, 3.63) is 60.7 Å². The van der Waals surface area contributed by atoms with E-state index in [0.29, 0.717) is 0 Å². The van der Waals surface area contributed by atoms with Crippen LogP contribution in [0.5, 0.6) is 0 Å². The minimum atomic E-state index is 0.847. The van der Waals surface area contributed by atoms with Gasteiger partial charge < -0.3 is 10.3 Å². The Morgan fingerprint density at radius 2 is 1.75 bits per heavy atom. The predicted octanol–water partition coefficient (Wildman–Crippen LogP) is 2.54. The van der Waals surface area contributed by atoms with E-state index >= 15 is 0 Å². The summed E-state index contributed by atoms with van der Waals surface area (Å²) in [7, 11) is 0. The molecule has 3 aromatic rings. The lowest BCUT2D eigenvalue weighted by Crippen LogP contribution is -2.42. The predicted molar refractivity (Wildman–Crippen MR) is 95.4 cm³/mol. The van der Waals surface area contributed by atoms with Crippen molar-refractivity contribution >= 4 is 0 Å². The Bertz CT molecular complexity index is 774. The summed E-state index contributed by atoms with van der Waals surface area (Å²) in [5.74, 6) is 0.847. The Morgan fingerprint density at radius 1 is 0.958 bits per heavy atom. The number of pyridine rings is 1. The molecule has 1 fully saturated rings. The van der Waals surface area contributed by atoms with Gasteiger partial charge >= 0.3 is 0 Å². The zero-order valence-electron chi connectivity index (χ0n) is 13.6. The van der Waals surface area contributed by atoms with E-state index in [9.17, 15) is 0 Å². The second-order valence-electron chi connectivity index (χ2n) is 6.12. The average Bonchev–Trinajstić information content (AvgIpc) is 3.18. The van der Waals surface area contributed by atoms with Gasteiger partial charge in [0.05, 0.1) is 0 Å². The van der Waals surface area contributed by atoms with Gasteiger partial charge in [-0.3, -0.25) is 9.88 Å². The molecule has 0 bridgehead atoms. The number of hydrogen-bond donors (Lipinski definition) is 2. The van der Waals surface area contributed by atoms with E-state index in [2.05, 4.69) is 55.5 Å². The fourth-order valence-electron chi connectivity index (χ4n) is 3.08. The number of imidazole rings is 1. The van der Waals surface area contributed by atoms with Crippen LogP contribution in [0.1, 0.15) is 5.56 Å². The van der Waals surface area contributed by atoms with Gasteiger partial charge in [0.15, 0.2) is 0 Å². The third-order valence-corrected chi connectivity index (χ3v) is 4.41. The van der Waals surface area contributed by atoms with Crippen molar-refractivity contribution in [2.24, 2.45) is 0 Å². The number of nitrogens with zero attached hydrogens (tertiary/aromatic N) is 3. The number of hydrogen-bond acceptors (Lipinski definition) is 4. The van der Waals surface area contributed by atoms with E-state index in [1.54, 1.807) is 6.20 Å². The van der Waals surface area contributed by atoms with Gasteiger partial charge in [0.2, 0.25) is 0 Å². The number of aromatic amines is 1. The highest BCUT2D eigenvalue weighted by molar-refractivity contribution is 5.68. The average molecular weight is 319 g/mol. The zero-order valence-corrected chi connectivity index (χ0v) is 13.6. The van der Waals surface area contributed by atoms with Gasteiger partial charge in [-0.1, -0.05) is 24.3 Å². The lowest BCUT2D eigenvalue weighted by Gasteiger charge is -2.27. The molecule has 0 saturated carbocycles. The minimum Gasteiger partial charge on any atom is -0.345 e. The molecule has 2 N–H and O–H groups in total. The fraction of sp³-hybridized carbons (Fsp3) is 0.263. The first kappa shape index (κ1) is 15.1. The molecule has 24 heavy (non-hydrogen) atoms. The lowest BCUT2D eigenvalue weighted by molar-refractivity contribution is 0.233. The molecule has 1 saturated heterocycles. The van der Waals surface area contributed by atoms with E-state index in [4.69, 9.17) is 0 Å². The van der Waals surface area contributed by atoms with Crippen molar-refractivity contribution in [1.82, 2.24) is 25.2 Å². The van der Waals surface area contributed by atoms with Crippen LogP contribution in [-0.4, -0.2) is 46.0 Å². The van der Waals surface area contributed by atoms with E-state index in [-0.39, 0.29) is 0 Å².